The maximum atomic E-state index is 14.1. The minimum absolute atomic E-state index is 0.0261. The lowest BCUT2D eigenvalue weighted by Crippen LogP contribution is -2.54. The van der Waals surface area contributed by atoms with Crippen molar-refractivity contribution >= 4 is 29.9 Å². The molecule has 0 saturated heterocycles. The van der Waals surface area contributed by atoms with Gasteiger partial charge in [-0.1, -0.05) is 61.2 Å². The summed E-state index contributed by atoms with van der Waals surface area (Å²) in [5.41, 5.74) is 6.91. The maximum Gasteiger partial charge on any atom is 0.408 e. The molecular weight excluding hydrogens is 496 g/mol. The van der Waals surface area contributed by atoms with Crippen LogP contribution < -0.4 is 16.4 Å². The first kappa shape index (κ1) is 29.4. The fourth-order valence-corrected chi connectivity index (χ4v) is 4.22. The predicted molar refractivity (Wildman–Crippen MR) is 149 cm³/mol. The molecule has 39 heavy (non-hydrogen) atoms. The normalized spacial score (nSPS) is 14.4. The van der Waals surface area contributed by atoms with Crippen molar-refractivity contribution in [2.75, 3.05) is 0 Å². The average molecular weight is 535 g/mol. The summed E-state index contributed by atoms with van der Waals surface area (Å²) >= 11 is 0. The first-order valence-electron chi connectivity index (χ1n) is 13.1. The van der Waals surface area contributed by atoms with Gasteiger partial charge in [-0.05, 0) is 62.8 Å². The van der Waals surface area contributed by atoms with Crippen LogP contribution in [0.3, 0.4) is 0 Å². The zero-order valence-electron chi connectivity index (χ0n) is 22.8. The molecule has 0 spiro atoms. The molecule has 2 aromatic rings. The second-order valence-electron chi connectivity index (χ2n) is 10.7. The van der Waals surface area contributed by atoms with Crippen LogP contribution in [0.2, 0.25) is 0 Å². The largest absolute Gasteiger partial charge is 0.444 e. The predicted octanol–water partition coefficient (Wildman–Crippen LogP) is 3.84. The number of nitrogens with one attached hydrogen (secondary N) is 2. The summed E-state index contributed by atoms with van der Waals surface area (Å²) in [7, 11) is 0. The highest BCUT2D eigenvalue weighted by atomic mass is 16.6. The molecule has 4 N–H and O–H groups in total. The molecule has 1 saturated carbocycles. The van der Waals surface area contributed by atoms with Crippen molar-refractivity contribution in [3.63, 3.8) is 0 Å². The minimum Gasteiger partial charge on any atom is -0.444 e. The van der Waals surface area contributed by atoms with Crippen LogP contribution in [0.5, 0.6) is 0 Å². The number of nitrogens with two attached hydrogens (primary N) is 1. The molecule has 4 amide bonds. The van der Waals surface area contributed by atoms with E-state index < -0.39 is 35.6 Å². The van der Waals surface area contributed by atoms with E-state index in [0.717, 1.165) is 11.1 Å². The van der Waals surface area contributed by atoms with E-state index in [4.69, 9.17) is 10.5 Å². The molecule has 2 unspecified atom stereocenters. The zero-order chi connectivity index (χ0) is 28.6. The summed E-state index contributed by atoms with van der Waals surface area (Å²) in [6, 6.07) is 14.5. The summed E-state index contributed by atoms with van der Waals surface area (Å²) in [5, 5.41) is 5.58. The van der Waals surface area contributed by atoms with Crippen molar-refractivity contribution in [2.24, 2.45) is 5.73 Å². The lowest BCUT2D eigenvalue weighted by molar-refractivity contribution is -0.143. The number of rotatable bonds is 12. The van der Waals surface area contributed by atoms with Crippen LogP contribution >= 0.6 is 0 Å². The van der Waals surface area contributed by atoms with Gasteiger partial charge in [0.15, 0.2) is 0 Å². The van der Waals surface area contributed by atoms with Crippen LogP contribution in [0.1, 0.15) is 69.2 Å². The van der Waals surface area contributed by atoms with E-state index in [9.17, 15) is 19.2 Å². The number of hydrogen-bond acceptors (Lipinski definition) is 5. The molecule has 3 rings (SSSR count). The molecule has 0 aliphatic heterocycles. The third-order valence-electron chi connectivity index (χ3n) is 6.16. The number of carbonyl (C=O) groups is 4. The number of hydrogen-bond donors (Lipinski definition) is 3. The molecule has 0 radical (unpaired) electrons. The summed E-state index contributed by atoms with van der Waals surface area (Å²) in [6.07, 6.45) is 2.16. The number of primary amides is 1. The van der Waals surface area contributed by atoms with Crippen LogP contribution in [0.15, 0.2) is 61.2 Å². The third-order valence-corrected chi connectivity index (χ3v) is 6.16. The molecular formula is C30H38N4O5. The van der Waals surface area contributed by atoms with Gasteiger partial charge < -0.3 is 26.0 Å². The van der Waals surface area contributed by atoms with Crippen LogP contribution in [-0.2, 0) is 25.7 Å². The Bertz CT molecular complexity index is 1190. The highest BCUT2D eigenvalue weighted by Gasteiger charge is 2.44. The van der Waals surface area contributed by atoms with Gasteiger partial charge in [0, 0.05) is 19.0 Å². The Labute approximate surface area is 229 Å². The molecule has 0 bridgehead atoms. The third kappa shape index (κ3) is 8.98. The Morgan fingerprint density at radius 2 is 1.79 bits per heavy atom. The monoisotopic (exact) mass is 534 g/mol. The molecule has 208 valence electrons. The second kappa shape index (κ2) is 13.1. The van der Waals surface area contributed by atoms with Crippen molar-refractivity contribution in [3.8, 4) is 0 Å². The van der Waals surface area contributed by atoms with Crippen molar-refractivity contribution in [2.45, 2.75) is 76.7 Å². The first-order chi connectivity index (χ1) is 18.5. The van der Waals surface area contributed by atoms with Gasteiger partial charge >= 0.3 is 6.09 Å². The van der Waals surface area contributed by atoms with E-state index in [1.165, 1.54) is 4.90 Å². The van der Waals surface area contributed by atoms with Gasteiger partial charge in [0.25, 0.3) is 0 Å². The average Bonchev–Trinajstić information content (AvgIpc) is 3.72. The van der Waals surface area contributed by atoms with Gasteiger partial charge in [-0.2, -0.15) is 0 Å². The lowest BCUT2D eigenvalue weighted by atomic mass is 9.99. The van der Waals surface area contributed by atoms with Crippen molar-refractivity contribution < 1.29 is 23.9 Å². The lowest BCUT2D eigenvalue weighted by Gasteiger charge is -2.35. The second-order valence-corrected chi connectivity index (χ2v) is 10.7. The van der Waals surface area contributed by atoms with E-state index in [1.807, 2.05) is 48.5 Å². The van der Waals surface area contributed by atoms with Crippen LogP contribution in [0.25, 0.3) is 6.08 Å². The number of nitrogens with zero attached hydrogens (tertiary/aromatic N) is 1. The van der Waals surface area contributed by atoms with E-state index in [2.05, 4.69) is 17.2 Å². The first-order valence-corrected chi connectivity index (χ1v) is 13.1. The number of carbonyl (C=O) groups excluding carboxylic acids is 4. The van der Waals surface area contributed by atoms with Crippen molar-refractivity contribution in [3.05, 3.63) is 77.9 Å². The molecule has 0 heterocycles. The molecule has 9 nitrogen and oxygen atoms in total. The SMILES string of the molecule is C=Cc1cccc(C(C(=O)NCc2ccccc2)N(C(=O)C(CCC(N)=O)NC(=O)OC(C)(C)C)C2CC2)c1. The number of alkyl carbamates (subject to hydrolysis) is 1. The number of amides is 4. The smallest absolute Gasteiger partial charge is 0.408 e. The molecule has 2 atom stereocenters. The number of ether oxygens (including phenoxy) is 1. The Balaban J connectivity index is 1.96. The van der Waals surface area contributed by atoms with E-state index in [0.29, 0.717) is 18.4 Å². The van der Waals surface area contributed by atoms with Crippen LogP contribution in [0, 0.1) is 0 Å². The zero-order valence-corrected chi connectivity index (χ0v) is 22.8. The van der Waals surface area contributed by atoms with Crippen molar-refractivity contribution in [1.82, 2.24) is 15.5 Å². The highest BCUT2D eigenvalue weighted by Crippen LogP contribution is 2.36. The fourth-order valence-electron chi connectivity index (χ4n) is 4.22. The number of benzene rings is 2. The standard InChI is InChI=1S/C30H38N4O5/c1-5-20-12-9-13-22(18-20)26(27(36)32-19-21-10-7-6-8-11-21)34(23-14-15-23)28(37)24(16-17-25(31)35)33-29(38)39-30(2,3)4/h5-13,18,23-24,26H,1,14-17,19H2,2-4H3,(H2,31,35)(H,32,36)(H,33,38). The van der Waals surface area contributed by atoms with Gasteiger partial charge in [-0.25, -0.2) is 4.79 Å². The molecule has 9 heteroatoms. The summed E-state index contributed by atoms with van der Waals surface area (Å²) < 4.78 is 5.36. The molecule has 0 aromatic heterocycles. The molecule has 1 aliphatic rings. The summed E-state index contributed by atoms with van der Waals surface area (Å²) in [6.45, 7) is 9.24. The molecule has 1 aliphatic carbocycles. The van der Waals surface area contributed by atoms with Gasteiger partial charge in [0.05, 0.1) is 0 Å². The topological polar surface area (TPSA) is 131 Å². The van der Waals surface area contributed by atoms with Crippen molar-refractivity contribution in [1.29, 1.82) is 0 Å². The van der Waals surface area contributed by atoms with E-state index in [-0.39, 0.29) is 31.3 Å². The Morgan fingerprint density at radius 3 is 2.38 bits per heavy atom. The van der Waals surface area contributed by atoms with Gasteiger partial charge in [-0.15, -0.1) is 0 Å². The Hall–Kier alpha value is -4.14. The Kier molecular flexibility index (Phi) is 9.87. The maximum absolute atomic E-state index is 14.1. The minimum atomic E-state index is -1.11. The van der Waals surface area contributed by atoms with Gasteiger partial charge in [-0.3, -0.25) is 14.4 Å². The Morgan fingerprint density at radius 1 is 1.10 bits per heavy atom. The van der Waals surface area contributed by atoms with Crippen LogP contribution in [0.4, 0.5) is 4.79 Å². The van der Waals surface area contributed by atoms with E-state index >= 15 is 0 Å². The summed E-state index contributed by atoms with van der Waals surface area (Å²) in [5.74, 6) is -1.44. The van der Waals surface area contributed by atoms with E-state index in [1.54, 1.807) is 32.9 Å². The molecule has 1 fully saturated rings. The molecule has 2 aromatic carbocycles. The highest BCUT2D eigenvalue weighted by molar-refractivity contribution is 5.93. The summed E-state index contributed by atoms with van der Waals surface area (Å²) in [4.78, 5) is 53.6. The quantitative estimate of drug-likeness (QED) is 0.381. The van der Waals surface area contributed by atoms with Gasteiger partial charge in [0.1, 0.15) is 17.7 Å². The fraction of sp³-hybridized carbons (Fsp3) is 0.400. The van der Waals surface area contributed by atoms with Gasteiger partial charge in [0.2, 0.25) is 17.7 Å². The van der Waals surface area contributed by atoms with Crippen LogP contribution in [-0.4, -0.2) is 46.4 Å².